The van der Waals surface area contributed by atoms with Crippen LogP contribution in [-0.2, 0) is 11.3 Å². The first-order valence-electron chi connectivity index (χ1n) is 6.39. The van der Waals surface area contributed by atoms with E-state index in [9.17, 15) is 13.2 Å². The Morgan fingerprint density at radius 2 is 2.00 bits per heavy atom. The van der Waals surface area contributed by atoms with Crippen LogP contribution in [0, 0.1) is 0 Å². The minimum absolute atomic E-state index is 0.0537. The number of nitrogens with zero attached hydrogens (tertiary/aromatic N) is 3. The van der Waals surface area contributed by atoms with Crippen molar-refractivity contribution in [3.8, 4) is 0 Å². The van der Waals surface area contributed by atoms with Gasteiger partial charge in [0.25, 0.3) is 0 Å². The van der Waals surface area contributed by atoms with Crippen molar-refractivity contribution in [2.24, 2.45) is 0 Å². The highest BCUT2D eigenvalue weighted by molar-refractivity contribution is 5.30. The lowest BCUT2D eigenvalue weighted by Crippen LogP contribution is -2.37. The van der Waals surface area contributed by atoms with Crippen LogP contribution < -0.4 is 10.2 Å². The fraction of sp³-hybridized carbons (Fsp3) is 0.667. The molecule has 1 heterocycles. The minimum Gasteiger partial charge on any atom is -0.395 e. The Labute approximate surface area is 121 Å². The summed E-state index contributed by atoms with van der Waals surface area (Å²) in [5.41, 5.74) is 0.755. The number of aliphatic hydroxyl groups is 1. The zero-order valence-corrected chi connectivity index (χ0v) is 11.7. The average molecular weight is 308 g/mol. The van der Waals surface area contributed by atoms with Crippen LogP contribution in [0.3, 0.4) is 0 Å². The van der Waals surface area contributed by atoms with Gasteiger partial charge in [0.1, 0.15) is 6.54 Å². The van der Waals surface area contributed by atoms with E-state index >= 15 is 0 Å². The van der Waals surface area contributed by atoms with E-state index in [0.717, 1.165) is 10.5 Å². The van der Waals surface area contributed by atoms with Crippen molar-refractivity contribution in [3.63, 3.8) is 0 Å². The highest BCUT2D eigenvalue weighted by Crippen LogP contribution is 2.19. The first kappa shape index (κ1) is 17.6. The van der Waals surface area contributed by atoms with Gasteiger partial charge in [-0.15, -0.1) is 0 Å². The van der Waals surface area contributed by atoms with Gasteiger partial charge in [0, 0.05) is 44.7 Å². The van der Waals surface area contributed by atoms with Gasteiger partial charge in [0.2, 0.25) is 5.95 Å². The standard InChI is InChI=1S/C12H19F3N4O2/c1-21-5-2-16-6-10-7-17-11(18-8-10)19(3-4-20)9-12(13,14)15/h7-8,16,20H,2-6,9H2,1H3. The number of hydrogen-bond donors (Lipinski definition) is 2. The predicted molar refractivity (Wildman–Crippen MR) is 71.0 cm³/mol. The summed E-state index contributed by atoms with van der Waals surface area (Å²) in [4.78, 5) is 8.72. The van der Waals surface area contributed by atoms with Gasteiger partial charge in [0.05, 0.1) is 13.2 Å². The summed E-state index contributed by atoms with van der Waals surface area (Å²) in [6.07, 6.45) is -1.45. The number of anilines is 1. The van der Waals surface area contributed by atoms with Crippen molar-refractivity contribution in [3.05, 3.63) is 18.0 Å². The minimum atomic E-state index is -4.38. The van der Waals surface area contributed by atoms with Crippen LogP contribution in [0.1, 0.15) is 5.56 Å². The summed E-state index contributed by atoms with van der Waals surface area (Å²) in [7, 11) is 1.59. The Bertz CT molecular complexity index is 400. The maximum absolute atomic E-state index is 12.4. The molecule has 0 saturated heterocycles. The van der Waals surface area contributed by atoms with Gasteiger partial charge in [-0.3, -0.25) is 0 Å². The second-order valence-corrected chi connectivity index (χ2v) is 4.32. The van der Waals surface area contributed by atoms with Gasteiger partial charge in [0.15, 0.2) is 0 Å². The lowest BCUT2D eigenvalue weighted by Gasteiger charge is -2.22. The van der Waals surface area contributed by atoms with E-state index in [2.05, 4.69) is 15.3 Å². The number of ether oxygens (including phenoxy) is 1. The second-order valence-electron chi connectivity index (χ2n) is 4.32. The van der Waals surface area contributed by atoms with Crippen molar-refractivity contribution in [1.29, 1.82) is 0 Å². The molecule has 0 aromatic carbocycles. The summed E-state index contributed by atoms with van der Waals surface area (Å²) in [5.74, 6) is -0.0537. The van der Waals surface area contributed by atoms with E-state index in [4.69, 9.17) is 9.84 Å². The molecule has 0 bridgehead atoms. The van der Waals surface area contributed by atoms with Gasteiger partial charge < -0.3 is 20.1 Å². The monoisotopic (exact) mass is 308 g/mol. The molecule has 6 nitrogen and oxygen atoms in total. The van der Waals surface area contributed by atoms with E-state index in [0.29, 0.717) is 19.7 Å². The molecule has 21 heavy (non-hydrogen) atoms. The zero-order chi connectivity index (χ0) is 15.7. The summed E-state index contributed by atoms with van der Waals surface area (Å²) >= 11 is 0. The fourth-order valence-corrected chi connectivity index (χ4v) is 1.60. The molecule has 120 valence electrons. The topological polar surface area (TPSA) is 70.5 Å². The van der Waals surface area contributed by atoms with E-state index in [1.54, 1.807) is 7.11 Å². The number of halogens is 3. The molecule has 0 saturated carbocycles. The van der Waals surface area contributed by atoms with Crippen molar-refractivity contribution in [2.75, 3.05) is 44.9 Å². The number of hydrogen-bond acceptors (Lipinski definition) is 6. The number of alkyl halides is 3. The molecule has 2 N–H and O–H groups in total. The molecule has 0 aliphatic carbocycles. The highest BCUT2D eigenvalue weighted by atomic mass is 19.4. The highest BCUT2D eigenvalue weighted by Gasteiger charge is 2.31. The Balaban J connectivity index is 2.60. The number of methoxy groups -OCH3 is 1. The average Bonchev–Trinajstić information content (AvgIpc) is 2.42. The quantitative estimate of drug-likeness (QED) is 0.650. The largest absolute Gasteiger partial charge is 0.406 e. The van der Waals surface area contributed by atoms with Crippen LogP contribution in [0.15, 0.2) is 12.4 Å². The Kier molecular flexibility index (Phi) is 7.34. The lowest BCUT2D eigenvalue weighted by molar-refractivity contribution is -0.120. The molecule has 0 aliphatic heterocycles. The van der Waals surface area contributed by atoms with Crippen LogP contribution >= 0.6 is 0 Å². The molecule has 1 aromatic rings. The number of aromatic nitrogens is 2. The molecular formula is C12H19F3N4O2. The number of rotatable bonds is 9. The van der Waals surface area contributed by atoms with Crippen molar-refractivity contribution < 1.29 is 23.0 Å². The first-order chi connectivity index (χ1) is 9.96. The molecule has 0 unspecified atom stereocenters. The molecule has 0 fully saturated rings. The van der Waals surface area contributed by atoms with E-state index in [-0.39, 0.29) is 12.5 Å². The molecule has 0 aliphatic rings. The maximum Gasteiger partial charge on any atom is 0.406 e. The fourth-order valence-electron chi connectivity index (χ4n) is 1.60. The molecule has 0 amide bonds. The Morgan fingerprint density at radius 1 is 1.33 bits per heavy atom. The summed E-state index contributed by atoms with van der Waals surface area (Å²) < 4.78 is 42.2. The normalized spacial score (nSPS) is 11.7. The maximum atomic E-state index is 12.4. The second kappa shape index (κ2) is 8.75. The Morgan fingerprint density at radius 3 is 2.52 bits per heavy atom. The molecule has 1 rings (SSSR count). The van der Waals surface area contributed by atoms with Gasteiger partial charge in [-0.05, 0) is 0 Å². The number of nitrogens with one attached hydrogen (secondary N) is 1. The predicted octanol–water partition coefficient (Wildman–Crippen LogP) is 0.574. The van der Waals surface area contributed by atoms with Crippen LogP contribution in [-0.4, -0.2) is 61.2 Å². The summed E-state index contributed by atoms with van der Waals surface area (Å²) in [6, 6.07) is 0. The van der Waals surface area contributed by atoms with Crippen LogP contribution in [0.5, 0.6) is 0 Å². The third-order valence-electron chi connectivity index (χ3n) is 2.53. The van der Waals surface area contributed by atoms with Crippen molar-refractivity contribution in [1.82, 2.24) is 15.3 Å². The van der Waals surface area contributed by atoms with Gasteiger partial charge in [-0.1, -0.05) is 0 Å². The van der Waals surface area contributed by atoms with Crippen LogP contribution in [0.4, 0.5) is 19.1 Å². The molecule has 9 heteroatoms. The lowest BCUT2D eigenvalue weighted by atomic mass is 10.3. The van der Waals surface area contributed by atoms with Gasteiger partial charge in [-0.2, -0.15) is 13.2 Å². The SMILES string of the molecule is COCCNCc1cnc(N(CCO)CC(F)(F)F)nc1. The first-order valence-corrected chi connectivity index (χ1v) is 6.39. The van der Waals surface area contributed by atoms with E-state index in [1.807, 2.05) is 0 Å². The van der Waals surface area contributed by atoms with Crippen LogP contribution in [0.25, 0.3) is 0 Å². The molecule has 0 atom stereocenters. The molecule has 1 aromatic heterocycles. The van der Waals surface area contributed by atoms with Crippen molar-refractivity contribution >= 4 is 5.95 Å². The molecule has 0 radical (unpaired) electrons. The van der Waals surface area contributed by atoms with Gasteiger partial charge >= 0.3 is 6.18 Å². The number of aliphatic hydroxyl groups excluding tert-OH is 1. The van der Waals surface area contributed by atoms with Crippen LogP contribution in [0.2, 0.25) is 0 Å². The Hall–Kier alpha value is -1.45. The van der Waals surface area contributed by atoms with Gasteiger partial charge in [-0.25, -0.2) is 9.97 Å². The molecule has 0 spiro atoms. The summed E-state index contributed by atoms with van der Waals surface area (Å²) in [5, 5.41) is 11.9. The molecular weight excluding hydrogens is 289 g/mol. The van der Waals surface area contributed by atoms with E-state index < -0.39 is 19.3 Å². The third kappa shape index (κ3) is 7.21. The zero-order valence-electron chi connectivity index (χ0n) is 11.7. The summed E-state index contributed by atoms with van der Waals surface area (Å²) in [6.45, 7) is -0.0512. The smallest absolute Gasteiger partial charge is 0.395 e. The van der Waals surface area contributed by atoms with E-state index in [1.165, 1.54) is 12.4 Å². The third-order valence-corrected chi connectivity index (χ3v) is 2.53. The van der Waals surface area contributed by atoms with Crippen molar-refractivity contribution in [2.45, 2.75) is 12.7 Å².